The minimum atomic E-state index is -0.910. The van der Waals surface area contributed by atoms with E-state index >= 15 is 0 Å². The van der Waals surface area contributed by atoms with Crippen molar-refractivity contribution in [3.8, 4) is 0 Å². The molecule has 18 heavy (non-hydrogen) atoms. The van der Waals surface area contributed by atoms with E-state index in [0.717, 1.165) is 5.56 Å². The van der Waals surface area contributed by atoms with E-state index in [9.17, 15) is 9.59 Å². The van der Waals surface area contributed by atoms with Gasteiger partial charge in [-0.2, -0.15) is 0 Å². The molecule has 1 fully saturated rings. The zero-order chi connectivity index (χ0) is 13.3. The fraction of sp³-hybridized carbons (Fsp3) is 0.385. The van der Waals surface area contributed by atoms with Crippen LogP contribution in [0.1, 0.15) is 11.6 Å². The van der Waals surface area contributed by atoms with Crippen LogP contribution >= 0.6 is 0 Å². The number of rotatable bonds is 2. The second kappa shape index (κ2) is 4.42. The van der Waals surface area contributed by atoms with Gasteiger partial charge in [-0.3, -0.25) is 9.63 Å². The van der Waals surface area contributed by atoms with Gasteiger partial charge in [-0.05, 0) is 0 Å². The molecule has 2 unspecified atom stereocenters. The molecule has 0 N–H and O–H groups in total. The highest BCUT2D eigenvalue weighted by molar-refractivity contribution is 5.96. The van der Waals surface area contributed by atoms with Crippen LogP contribution in [-0.2, 0) is 19.2 Å². The number of hydrogen-bond acceptors (Lipinski definition) is 4. The molecule has 1 aliphatic rings. The summed E-state index contributed by atoms with van der Waals surface area (Å²) >= 11 is 0. The van der Waals surface area contributed by atoms with Gasteiger partial charge >= 0.3 is 11.9 Å². The van der Waals surface area contributed by atoms with Crippen molar-refractivity contribution in [1.82, 2.24) is 0 Å². The van der Waals surface area contributed by atoms with Crippen LogP contribution in [0, 0.1) is 5.92 Å². The minimum Gasteiger partial charge on any atom is -0.468 e. The molecule has 1 aromatic rings. The first kappa shape index (κ1) is 12.6. The molecule has 1 aliphatic heterocycles. The number of benzene rings is 1. The molecule has 0 aromatic heterocycles. The fourth-order valence-electron chi connectivity index (χ4n) is 2.39. The first-order valence-corrected chi connectivity index (χ1v) is 5.67. The predicted molar refractivity (Wildman–Crippen MR) is 62.9 cm³/mol. The van der Waals surface area contributed by atoms with Gasteiger partial charge in [-0.1, -0.05) is 30.3 Å². The Labute approximate surface area is 105 Å². The Morgan fingerprint density at radius 1 is 1.28 bits per heavy atom. The number of carbonyl (C=O) groups excluding carboxylic acids is 2. The molecule has 0 bridgehead atoms. The SMILES string of the molecule is COC(=O)C1C(=O)O[N+](C)(C)C1c1ccccc1. The molecule has 5 heteroatoms. The molecule has 0 aliphatic carbocycles. The molecular formula is C13H16NO4+. The second-order valence-electron chi connectivity index (χ2n) is 4.70. The maximum atomic E-state index is 11.8. The number of nitrogens with zero attached hydrogens (tertiary/aromatic N) is 1. The van der Waals surface area contributed by atoms with Crippen LogP contribution in [0.2, 0.25) is 0 Å². The number of esters is 1. The van der Waals surface area contributed by atoms with E-state index in [0.29, 0.717) is 0 Å². The molecule has 96 valence electrons. The highest BCUT2D eigenvalue weighted by Gasteiger charge is 2.57. The van der Waals surface area contributed by atoms with E-state index in [1.165, 1.54) is 7.11 Å². The van der Waals surface area contributed by atoms with Crippen molar-refractivity contribution in [2.24, 2.45) is 5.92 Å². The van der Waals surface area contributed by atoms with Crippen molar-refractivity contribution in [2.45, 2.75) is 6.04 Å². The third-order valence-corrected chi connectivity index (χ3v) is 3.16. The number of quaternary nitrogens is 1. The molecule has 0 spiro atoms. The molecule has 2 rings (SSSR count). The highest BCUT2D eigenvalue weighted by Crippen LogP contribution is 2.40. The third-order valence-electron chi connectivity index (χ3n) is 3.16. The summed E-state index contributed by atoms with van der Waals surface area (Å²) in [6.07, 6.45) is 0. The van der Waals surface area contributed by atoms with E-state index in [1.807, 2.05) is 30.3 Å². The topological polar surface area (TPSA) is 52.6 Å². The molecule has 0 radical (unpaired) electrons. The Morgan fingerprint density at radius 3 is 2.44 bits per heavy atom. The summed E-state index contributed by atoms with van der Waals surface area (Å²) in [6.45, 7) is 0. The standard InChI is InChI=1S/C13H16NO4/c1-14(2)11(9-7-5-4-6-8-9)10(12(15)17-3)13(16)18-14/h4-8,10-11H,1-3H3/q+1. The van der Waals surface area contributed by atoms with Gasteiger partial charge < -0.3 is 4.74 Å². The fourth-order valence-corrected chi connectivity index (χ4v) is 2.39. The van der Waals surface area contributed by atoms with Crippen LogP contribution in [0.3, 0.4) is 0 Å². The smallest absolute Gasteiger partial charge is 0.387 e. The van der Waals surface area contributed by atoms with Gasteiger partial charge in [0.15, 0.2) is 6.04 Å². The van der Waals surface area contributed by atoms with Crippen molar-refractivity contribution in [2.75, 3.05) is 21.2 Å². The van der Waals surface area contributed by atoms with Crippen molar-refractivity contribution in [3.05, 3.63) is 35.9 Å². The van der Waals surface area contributed by atoms with Crippen LogP contribution < -0.4 is 0 Å². The molecule has 0 amide bonds. The van der Waals surface area contributed by atoms with Crippen molar-refractivity contribution < 1.29 is 23.8 Å². The molecule has 5 nitrogen and oxygen atoms in total. The molecular weight excluding hydrogens is 234 g/mol. The van der Waals surface area contributed by atoms with Crippen LogP contribution in [0.5, 0.6) is 0 Å². The summed E-state index contributed by atoms with van der Waals surface area (Å²) in [6, 6.07) is 8.99. The summed E-state index contributed by atoms with van der Waals surface area (Å²) in [4.78, 5) is 28.8. The summed E-state index contributed by atoms with van der Waals surface area (Å²) in [7, 11) is 4.77. The number of hydrogen-bond donors (Lipinski definition) is 0. The first-order valence-electron chi connectivity index (χ1n) is 5.67. The Bertz CT molecular complexity index is 469. The average molecular weight is 250 g/mol. The first-order chi connectivity index (χ1) is 8.47. The van der Waals surface area contributed by atoms with Gasteiger partial charge in [0.25, 0.3) is 0 Å². The third kappa shape index (κ3) is 1.97. The molecule has 1 heterocycles. The summed E-state index contributed by atoms with van der Waals surface area (Å²) in [5, 5.41) is 0. The largest absolute Gasteiger partial charge is 0.468 e. The Balaban J connectivity index is 2.45. The lowest BCUT2D eigenvalue weighted by Crippen LogP contribution is -2.40. The zero-order valence-electron chi connectivity index (χ0n) is 10.6. The highest BCUT2D eigenvalue weighted by atomic mass is 16.8. The monoisotopic (exact) mass is 250 g/mol. The Hall–Kier alpha value is -1.88. The molecule has 1 saturated heterocycles. The van der Waals surface area contributed by atoms with E-state index < -0.39 is 17.9 Å². The molecule has 0 saturated carbocycles. The average Bonchev–Trinajstić information content (AvgIpc) is 2.58. The van der Waals surface area contributed by atoms with Crippen LogP contribution in [0.25, 0.3) is 0 Å². The van der Waals surface area contributed by atoms with Crippen molar-refractivity contribution in [3.63, 3.8) is 0 Å². The van der Waals surface area contributed by atoms with Crippen molar-refractivity contribution >= 4 is 11.9 Å². The summed E-state index contributed by atoms with van der Waals surface area (Å²) < 4.78 is 4.69. The lowest BCUT2D eigenvalue weighted by Gasteiger charge is -2.27. The lowest BCUT2D eigenvalue weighted by molar-refractivity contribution is -1.07. The number of ether oxygens (including phenoxy) is 1. The van der Waals surface area contributed by atoms with Gasteiger partial charge in [0.05, 0.1) is 7.11 Å². The zero-order valence-corrected chi connectivity index (χ0v) is 10.6. The van der Waals surface area contributed by atoms with E-state index in [1.54, 1.807) is 14.1 Å². The van der Waals surface area contributed by atoms with Crippen LogP contribution in [0.4, 0.5) is 0 Å². The number of carbonyl (C=O) groups is 2. The van der Waals surface area contributed by atoms with Crippen molar-refractivity contribution in [1.29, 1.82) is 0 Å². The van der Waals surface area contributed by atoms with Gasteiger partial charge in [0.1, 0.15) is 14.1 Å². The maximum Gasteiger partial charge on any atom is 0.387 e. The van der Waals surface area contributed by atoms with E-state index in [2.05, 4.69) is 0 Å². The van der Waals surface area contributed by atoms with Gasteiger partial charge in [0.2, 0.25) is 5.92 Å². The predicted octanol–water partition coefficient (Wildman–Crippen LogP) is 1.07. The number of methoxy groups -OCH3 is 1. The normalized spacial score (nSPS) is 25.6. The second-order valence-corrected chi connectivity index (χ2v) is 4.70. The Morgan fingerprint density at radius 2 is 1.89 bits per heavy atom. The van der Waals surface area contributed by atoms with Crippen LogP contribution in [0.15, 0.2) is 30.3 Å². The summed E-state index contributed by atoms with van der Waals surface area (Å²) in [5.41, 5.74) is 0.878. The summed E-state index contributed by atoms with van der Waals surface area (Å²) in [5.74, 6) is -2.01. The van der Waals surface area contributed by atoms with Gasteiger partial charge in [-0.15, -0.1) is 4.65 Å². The minimum absolute atomic E-state index is 0.0113. The van der Waals surface area contributed by atoms with Crippen LogP contribution in [-0.4, -0.2) is 37.8 Å². The quantitative estimate of drug-likeness (QED) is 0.447. The molecule has 2 atom stereocenters. The van der Waals surface area contributed by atoms with Gasteiger partial charge in [-0.25, -0.2) is 4.79 Å². The Kier molecular flexibility index (Phi) is 3.09. The number of hydroxylamine groups is 3. The maximum absolute atomic E-state index is 11.8. The molecule has 1 aromatic carbocycles. The van der Waals surface area contributed by atoms with E-state index in [-0.39, 0.29) is 10.7 Å². The van der Waals surface area contributed by atoms with E-state index in [4.69, 9.17) is 9.57 Å². The lowest BCUT2D eigenvalue weighted by atomic mass is 9.93. The van der Waals surface area contributed by atoms with Gasteiger partial charge in [0, 0.05) is 5.56 Å².